The largest absolute Gasteiger partial charge is 0.396 e. The number of nitrogens with zero attached hydrogens (tertiary/aromatic N) is 1. The molecule has 0 spiro atoms. The number of rotatable bonds is 4. The predicted molar refractivity (Wildman–Crippen MR) is 86.7 cm³/mol. The summed E-state index contributed by atoms with van der Waals surface area (Å²) >= 11 is 0. The van der Waals surface area contributed by atoms with E-state index in [4.69, 9.17) is 0 Å². The second-order valence-corrected chi connectivity index (χ2v) is 6.89. The lowest BCUT2D eigenvalue weighted by Gasteiger charge is -2.34. The van der Waals surface area contributed by atoms with Gasteiger partial charge in [0.15, 0.2) is 0 Å². The monoisotopic (exact) mass is 320 g/mol. The van der Waals surface area contributed by atoms with Crippen LogP contribution in [-0.4, -0.2) is 41.8 Å². The molecule has 3 rings (SSSR count). The molecular weight excluding hydrogens is 295 g/mol. The van der Waals surface area contributed by atoms with Gasteiger partial charge in [-0.2, -0.15) is 0 Å². The second-order valence-electron chi connectivity index (χ2n) is 6.89. The quantitative estimate of drug-likeness (QED) is 0.896. The van der Waals surface area contributed by atoms with E-state index in [1.165, 1.54) is 6.07 Å². The molecule has 2 saturated carbocycles. The van der Waals surface area contributed by atoms with Crippen LogP contribution in [0, 0.1) is 11.7 Å². The number of urea groups is 1. The number of benzene rings is 1. The van der Waals surface area contributed by atoms with Gasteiger partial charge in [-0.25, -0.2) is 9.18 Å². The molecule has 0 aliphatic heterocycles. The Bertz CT molecular complexity index is 558. The van der Waals surface area contributed by atoms with Gasteiger partial charge in [-0.1, -0.05) is 18.2 Å². The Morgan fingerprint density at radius 3 is 2.65 bits per heavy atom. The molecule has 2 N–H and O–H groups in total. The van der Waals surface area contributed by atoms with Crippen molar-refractivity contribution in [1.82, 2.24) is 10.2 Å². The first kappa shape index (κ1) is 16.2. The molecule has 0 aromatic heterocycles. The van der Waals surface area contributed by atoms with Crippen LogP contribution in [0.5, 0.6) is 0 Å². The van der Waals surface area contributed by atoms with Gasteiger partial charge in [-0.3, -0.25) is 0 Å². The average molecular weight is 320 g/mol. The maximum atomic E-state index is 13.8. The fourth-order valence-corrected chi connectivity index (χ4v) is 3.62. The average Bonchev–Trinajstić information content (AvgIpc) is 3.33. The lowest BCUT2D eigenvalue weighted by Crippen LogP contribution is -2.46. The lowest BCUT2D eigenvalue weighted by atomic mass is 9.86. The third-order valence-electron chi connectivity index (χ3n) is 5.35. The van der Waals surface area contributed by atoms with Gasteiger partial charge in [0.25, 0.3) is 0 Å². The molecular formula is C18H25FN2O2. The van der Waals surface area contributed by atoms with Crippen LogP contribution in [0.15, 0.2) is 24.3 Å². The first-order valence-corrected chi connectivity index (χ1v) is 8.48. The van der Waals surface area contributed by atoms with Crippen LogP contribution in [0.3, 0.4) is 0 Å². The first-order chi connectivity index (χ1) is 11.1. The van der Waals surface area contributed by atoms with Crippen molar-refractivity contribution in [3.63, 3.8) is 0 Å². The summed E-state index contributed by atoms with van der Waals surface area (Å²) in [6.45, 7) is 0.245. The van der Waals surface area contributed by atoms with E-state index >= 15 is 0 Å². The van der Waals surface area contributed by atoms with Gasteiger partial charge >= 0.3 is 6.03 Å². The third kappa shape index (κ3) is 3.66. The SMILES string of the molecule is CN(C(=O)NC1CC1c1ccccc1F)C1CCC(CO)CC1. The van der Waals surface area contributed by atoms with Crippen molar-refractivity contribution in [2.24, 2.45) is 5.92 Å². The van der Waals surface area contributed by atoms with E-state index in [1.807, 2.05) is 13.1 Å². The summed E-state index contributed by atoms with van der Waals surface area (Å²) in [5, 5.41) is 12.2. The van der Waals surface area contributed by atoms with Crippen molar-refractivity contribution in [2.45, 2.75) is 50.1 Å². The number of aliphatic hydroxyl groups is 1. The van der Waals surface area contributed by atoms with Gasteiger partial charge in [0.05, 0.1) is 0 Å². The molecule has 0 bridgehead atoms. The molecule has 4 nitrogen and oxygen atoms in total. The fourth-order valence-electron chi connectivity index (χ4n) is 3.62. The van der Waals surface area contributed by atoms with Crippen LogP contribution >= 0.6 is 0 Å². The summed E-state index contributed by atoms with van der Waals surface area (Å²) in [6, 6.07) is 7.00. The van der Waals surface area contributed by atoms with Gasteiger partial charge in [0.1, 0.15) is 5.82 Å². The van der Waals surface area contributed by atoms with Gasteiger partial charge in [0, 0.05) is 31.7 Å². The van der Waals surface area contributed by atoms with Crippen LogP contribution in [0.4, 0.5) is 9.18 Å². The number of nitrogens with one attached hydrogen (secondary N) is 1. The van der Waals surface area contributed by atoms with Crippen LogP contribution in [0.25, 0.3) is 0 Å². The second kappa shape index (κ2) is 6.87. The molecule has 2 aliphatic rings. The van der Waals surface area contributed by atoms with Gasteiger partial charge in [0.2, 0.25) is 0 Å². The van der Waals surface area contributed by atoms with E-state index in [2.05, 4.69) is 5.32 Å². The molecule has 0 radical (unpaired) electrons. The van der Waals surface area contributed by atoms with Gasteiger partial charge < -0.3 is 15.3 Å². The summed E-state index contributed by atoms with van der Waals surface area (Å²) in [6.07, 6.45) is 4.63. The Morgan fingerprint density at radius 1 is 1.30 bits per heavy atom. The van der Waals surface area contributed by atoms with E-state index in [-0.39, 0.29) is 36.5 Å². The molecule has 0 heterocycles. The van der Waals surface area contributed by atoms with E-state index in [1.54, 1.807) is 17.0 Å². The highest BCUT2D eigenvalue weighted by atomic mass is 19.1. The normalized spacial score (nSPS) is 29.9. The zero-order valence-electron chi connectivity index (χ0n) is 13.5. The summed E-state index contributed by atoms with van der Waals surface area (Å²) in [4.78, 5) is 14.2. The minimum atomic E-state index is -0.190. The summed E-state index contributed by atoms with van der Waals surface area (Å²) in [5.41, 5.74) is 0.698. The molecule has 2 fully saturated rings. The van der Waals surface area contributed by atoms with E-state index in [9.17, 15) is 14.3 Å². The summed E-state index contributed by atoms with van der Waals surface area (Å²) in [7, 11) is 1.83. The van der Waals surface area contributed by atoms with Crippen molar-refractivity contribution in [3.8, 4) is 0 Å². The van der Waals surface area contributed by atoms with Crippen molar-refractivity contribution in [2.75, 3.05) is 13.7 Å². The maximum absolute atomic E-state index is 13.8. The zero-order chi connectivity index (χ0) is 16.4. The summed E-state index contributed by atoms with van der Waals surface area (Å²) in [5.74, 6) is 0.292. The van der Waals surface area contributed by atoms with E-state index in [0.29, 0.717) is 11.5 Å². The predicted octanol–water partition coefficient (Wildman–Crippen LogP) is 2.87. The molecule has 0 saturated heterocycles. The van der Waals surface area contributed by atoms with Gasteiger partial charge in [-0.15, -0.1) is 0 Å². The number of amides is 2. The first-order valence-electron chi connectivity index (χ1n) is 8.48. The lowest BCUT2D eigenvalue weighted by molar-refractivity contribution is 0.134. The number of halogens is 1. The Labute approximate surface area is 136 Å². The smallest absolute Gasteiger partial charge is 0.317 e. The minimum Gasteiger partial charge on any atom is -0.396 e. The topological polar surface area (TPSA) is 52.6 Å². The zero-order valence-corrected chi connectivity index (χ0v) is 13.5. The molecule has 2 amide bonds. The Hall–Kier alpha value is -1.62. The minimum absolute atomic E-state index is 0.0376. The standard InChI is InChI=1S/C18H25FN2O2/c1-21(13-8-6-12(11-22)7-9-13)18(23)20-17-10-15(17)14-4-2-3-5-16(14)19/h2-5,12-13,15,17,22H,6-11H2,1H3,(H,20,23). The Kier molecular flexibility index (Phi) is 4.85. The summed E-state index contributed by atoms with van der Waals surface area (Å²) < 4.78 is 13.8. The van der Waals surface area contributed by atoms with Crippen LogP contribution in [0.1, 0.15) is 43.6 Å². The number of aliphatic hydroxyl groups excluding tert-OH is 1. The molecule has 1 aromatic rings. The van der Waals surface area contributed by atoms with Crippen molar-refractivity contribution in [1.29, 1.82) is 0 Å². The highest BCUT2D eigenvalue weighted by Gasteiger charge is 2.41. The van der Waals surface area contributed by atoms with Crippen LogP contribution < -0.4 is 5.32 Å². The third-order valence-corrected chi connectivity index (χ3v) is 5.35. The van der Waals surface area contributed by atoms with Crippen LogP contribution in [0.2, 0.25) is 0 Å². The number of hydrogen-bond acceptors (Lipinski definition) is 2. The van der Waals surface area contributed by atoms with Gasteiger partial charge in [-0.05, 0) is 49.7 Å². The molecule has 126 valence electrons. The number of carbonyl (C=O) groups excluding carboxylic acids is 1. The van der Waals surface area contributed by atoms with E-state index in [0.717, 1.165) is 32.1 Å². The highest BCUT2D eigenvalue weighted by Crippen LogP contribution is 2.42. The highest BCUT2D eigenvalue weighted by molar-refractivity contribution is 5.75. The number of hydrogen-bond donors (Lipinski definition) is 2. The van der Waals surface area contributed by atoms with E-state index < -0.39 is 0 Å². The van der Waals surface area contributed by atoms with Crippen molar-refractivity contribution < 1.29 is 14.3 Å². The van der Waals surface area contributed by atoms with Crippen LogP contribution in [-0.2, 0) is 0 Å². The molecule has 1 aromatic carbocycles. The molecule has 2 atom stereocenters. The number of carbonyl (C=O) groups is 1. The molecule has 2 aliphatic carbocycles. The molecule has 5 heteroatoms. The Morgan fingerprint density at radius 2 is 2.00 bits per heavy atom. The molecule has 23 heavy (non-hydrogen) atoms. The fraction of sp³-hybridized carbons (Fsp3) is 0.611. The Balaban J connectivity index is 1.50. The maximum Gasteiger partial charge on any atom is 0.317 e. The van der Waals surface area contributed by atoms with Crippen molar-refractivity contribution in [3.05, 3.63) is 35.6 Å². The van der Waals surface area contributed by atoms with Crippen molar-refractivity contribution >= 4 is 6.03 Å². The molecule has 2 unspecified atom stereocenters.